The van der Waals surface area contributed by atoms with Gasteiger partial charge in [0, 0.05) is 5.92 Å². The average Bonchev–Trinajstić information content (AvgIpc) is 2.71. The Morgan fingerprint density at radius 2 is 2.38 bits per heavy atom. The van der Waals surface area contributed by atoms with E-state index in [-0.39, 0.29) is 18.4 Å². The number of benzene rings is 1. The maximum Gasteiger partial charge on any atom is 0.337 e. The second-order valence-corrected chi connectivity index (χ2v) is 3.95. The van der Waals surface area contributed by atoms with E-state index in [1.165, 1.54) is 12.7 Å². The molecule has 16 heavy (non-hydrogen) atoms. The van der Waals surface area contributed by atoms with Crippen molar-refractivity contribution >= 4 is 5.97 Å². The monoisotopic (exact) mass is 219 g/mol. The summed E-state index contributed by atoms with van der Waals surface area (Å²) in [5.74, 6) is -0.176. The van der Waals surface area contributed by atoms with Crippen molar-refractivity contribution in [2.45, 2.75) is 18.8 Å². The van der Waals surface area contributed by atoms with E-state index in [0.717, 1.165) is 18.4 Å². The van der Waals surface area contributed by atoms with Crippen LogP contribution in [-0.2, 0) is 11.2 Å². The first kappa shape index (κ1) is 10.8. The number of hydrogen-bond donors (Lipinski definition) is 0. The van der Waals surface area contributed by atoms with Crippen LogP contribution in [0.4, 0.5) is 0 Å². The van der Waals surface area contributed by atoms with Gasteiger partial charge in [-0.25, -0.2) is 4.79 Å². The molecule has 1 aliphatic carbocycles. The van der Waals surface area contributed by atoms with Crippen molar-refractivity contribution in [3.05, 3.63) is 39.8 Å². The summed E-state index contributed by atoms with van der Waals surface area (Å²) in [6, 6.07) is 5.53. The normalized spacial score (nSPS) is 17.9. The molecule has 0 amide bonds. The number of carbonyl (C=O) groups excluding carboxylic acids is 1. The van der Waals surface area contributed by atoms with E-state index in [1.807, 2.05) is 12.1 Å². The number of ether oxygens (including phenoxy) is 1. The Hall–Kier alpha value is -1.71. The fourth-order valence-electron chi connectivity index (χ4n) is 2.21. The van der Waals surface area contributed by atoms with Gasteiger partial charge in [-0.15, -0.1) is 0 Å². The van der Waals surface area contributed by atoms with Crippen molar-refractivity contribution in [2.24, 2.45) is 5.18 Å². The lowest BCUT2D eigenvalue weighted by atomic mass is 9.99. The molecule has 1 aromatic rings. The molecular formula is C12H13NO3. The second kappa shape index (κ2) is 4.43. The van der Waals surface area contributed by atoms with Crippen LogP contribution in [0.3, 0.4) is 0 Å². The van der Waals surface area contributed by atoms with Crippen LogP contribution in [-0.4, -0.2) is 19.6 Å². The third-order valence-electron chi connectivity index (χ3n) is 3.06. The second-order valence-electron chi connectivity index (χ2n) is 3.95. The fraction of sp³-hybridized carbons (Fsp3) is 0.417. The highest BCUT2D eigenvalue weighted by atomic mass is 16.5. The lowest BCUT2D eigenvalue weighted by molar-refractivity contribution is 0.0600. The van der Waals surface area contributed by atoms with Crippen molar-refractivity contribution in [1.29, 1.82) is 0 Å². The summed E-state index contributed by atoms with van der Waals surface area (Å²) in [5.41, 5.74) is 2.82. The first-order valence-electron chi connectivity index (χ1n) is 5.26. The van der Waals surface area contributed by atoms with Gasteiger partial charge in [0.05, 0.1) is 19.2 Å². The minimum atomic E-state index is -0.340. The topological polar surface area (TPSA) is 55.7 Å². The van der Waals surface area contributed by atoms with Crippen LogP contribution in [0.25, 0.3) is 0 Å². The molecule has 1 aromatic carbocycles. The van der Waals surface area contributed by atoms with Gasteiger partial charge in [-0.3, -0.25) is 0 Å². The zero-order valence-corrected chi connectivity index (χ0v) is 9.10. The van der Waals surface area contributed by atoms with Gasteiger partial charge in [0.15, 0.2) is 0 Å². The zero-order valence-electron chi connectivity index (χ0n) is 9.10. The lowest BCUT2D eigenvalue weighted by Gasteiger charge is -2.08. The number of methoxy groups -OCH3 is 1. The maximum absolute atomic E-state index is 11.4. The molecule has 84 valence electrons. The van der Waals surface area contributed by atoms with Crippen LogP contribution in [0.2, 0.25) is 0 Å². The molecule has 4 heteroatoms. The molecular weight excluding hydrogens is 206 g/mol. The standard InChI is InChI=1S/C12H13NO3/c1-16-12(14)9-4-2-8-3-5-10(7-13-15)11(8)6-9/h2,4,6,10H,3,5,7H2,1H3. The van der Waals surface area contributed by atoms with Crippen molar-refractivity contribution in [2.75, 3.05) is 13.7 Å². The van der Waals surface area contributed by atoms with Crippen LogP contribution in [0.15, 0.2) is 23.4 Å². The largest absolute Gasteiger partial charge is 0.465 e. The van der Waals surface area contributed by atoms with E-state index in [0.29, 0.717) is 5.56 Å². The quantitative estimate of drug-likeness (QED) is 0.578. The molecule has 0 N–H and O–H groups in total. The first-order valence-corrected chi connectivity index (χ1v) is 5.26. The number of rotatable bonds is 3. The van der Waals surface area contributed by atoms with Crippen molar-refractivity contribution in [3.8, 4) is 0 Å². The number of fused-ring (bicyclic) bond motifs is 1. The van der Waals surface area contributed by atoms with Gasteiger partial charge in [-0.05, 0) is 36.1 Å². The van der Waals surface area contributed by atoms with Gasteiger partial charge in [-0.2, -0.15) is 4.91 Å². The molecule has 0 fully saturated rings. The summed E-state index contributed by atoms with van der Waals surface area (Å²) in [7, 11) is 1.36. The highest BCUT2D eigenvalue weighted by molar-refractivity contribution is 5.89. The molecule has 1 unspecified atom stereocenters. The number of nitroso groups, excluding NO2 is 1. The number of hydrogen-bond acceptors (Lipinski definition) is 4. The Labute approximate surface area is 93.6 Å². The lowest BCUT2D eigenvalue weighted by Crippen LogP contribution is -2.04. The van der Waals surface area contributed by atoms with Gasteiger partial charge in [0.25, 0.3) is 0 Å². The smallest absolute Gasteiger partial charge is 0.337 e. The molecule has 0 saturated carbocycles. The molecule has 1 aliphatic rings. The fourth-order valence-corrected chi connectivity index (χ4v) is 2.21. The third kappa shape index (κ3) is 1.83. The summed E-state index contributed by atoms with van der Waals surface area (Å²) in [4.78, 5) is 21.7. The number of carbonyl (C=O) groups is 1. The molecule has 0 aromatic heterocycles. The van der Waals surface area contributed by atoms with E-state index in [9.17, 15) is 9.70 Å². The molecule has 2 rings (SSSR count). The third-order valence-corrected chi connectivity index (χ3v) is 3.06. The Kier molecular flexibility index (Phi) is 2.99. The van der Waals surface area contributed by atoms with E-state index in [1.54, 1.807) is 6.07 Å². The van der Waals surface area contributed by atoms with Gasteiger partial charge in [-0.1, -0.05) is 11.2 Å². The van der Waals surface area contributed by atoms with Gasteiger partial charge < -0.3 is 4.74 Å². The van der Waals surface area contributed by atoms with Crippen LogP contribution < -0.4 is 0 Å². The van der Waals surface area contributed by atoms with Crippen LogP contribution >= 0.6 is 0 Å². The average molecular weight is 219 g/mol. The van der Waals surface area contributed by atoms with Gasteiger partial charge in [0.2, 0.25) is 0 Å². The minimum absolute atomic E-state index is 0.164. The predicted molar refractivity (Wildman–Crippen MR) is 59.5 cm³/mol. The van der Waals surface area contributed by atoms with Crippen molar-refractivity contribution < 1.29 is 9.53 Å². The maximum atomic E-state index is 11.4. The molecule has 0 saturated heterocycles. The Bertz CT molecular complexity index is 428. The summed E-state index contributed by atoms with van der Waals surface area (Å²) >= 11 is 0. The molecule has 4 nitrogen and oxygen atoms in total. The summed E-state index contributed by atoms with van der Waals surface area (Å²) in [5, 5.41) is 2.95. The van der Waals surface area contributed by atoms with Gasteiger partial charge >= 0.3 is 5.97 Å². The molecule has 0 aliphatic heterocycles. The molecule has 1 atom stereocenters. The van der Waals surface area contributed by atoms with Crippen LogP contribution in [0.1, 0.15) is 33.8 Å². The Morgan fingerprint density at radius 1 is 1.56 bits per heavy atom. The molecule has 0 bridgehead atoms. The number of aryl methyl sites for hydroxylation is 1. The highest BCUT2D eigenvalue weighted by Crippen LogP contribution is 2.33. The molecule has 0 heterocycles. The molecule has 0 radical (unpaired) electrons. The van der Waals surface area contributed by atoms with E-state index < -0.39 is 0 Å². The summed E-state index contributed by atoms with van der Waals surface area (Å²) in [6.07, 6.45) is 1.89. The summed E-state index contributed by atoms with van der Waals surface area (Å²) < 4.78 is 4.67. The Morgan fingerprint density at radius 3 is 3.06 bits per heavy atom. The van der Waals surface area contributed by atoms with Crippen LogP contribution in [0.5, 0.6) is 0 Å². The minimum Gasteiger partial charge on any atom is -0.465 e. The SMILES string of the molecule is COC(=O)c1ccc2c(c1)C(CN=O)CC2. The zero-order chi connectivity index (χ0) is 11.5. The molecule has 0 spiro atoms. The first-order chi connectivity index (χ1) is 7.76. The van der Waals surface area contributed by atoms with Crippen molar-refractivity contribution in [1.82, 2.24) is 0 Å². The summed E-state index contributed by atoms with van der Waals surface area (Å²) in [6.45, 7) is 0.289. The highest BCUT2D eigenvalue weighted by Gasteiger charge is 2.23. The van der Waals surface area contributed by atoms with Crippen LogP contribution in [0, 0.1) is 4.91 Å². The number of esters is 1. The van der Waals surface area contributed by atoms with E-state index in [4.69, 9.17) is 0 Å². The van der Waals surface area contributed by atoms with Gasteiger partial charge in [0.1, 0.15) is 0 Å². The number of nitrogens with zero attached hydrogens (tertiary/aromatic N) is 1. The Balaban J connectivity index is 2.33. The predicted octanol–water partition coefficient (Wildman–Crippen LogP) is 2.27. The van der Waals surface area contributed by atoms with E-state index in [2.05, 4.69) is 9.91 Å². The van der Waals surface area contributed by atoms with E-state index >= 15 is 0 Å². The van der Waals surface area contributed by atoms with Crippen molar-refractivity contribution in [3.63, 3.8) is 0 Å².